The minimum Gasteiger partial charge on any atom is -0.329 e. The van der Waals surface area contributed by atoms with Crippen LogP contribution >= 0.6 is 11.6 Å². The molecule has 1 radical (unpaired) electrons. The molecule has 1 aromatic heterocycles. The highest BCUT2D eigenvalue weighted by molar-refractivity contribution is 6.28. The molecule has 0 unspecified atom stereocenters. The molecule has 0 atom stereocenters. The standard InChI is InChI=1S/C11H9ClN3/c1-15(9-5-3-2-4-6-9)10-7-8-13-11(12)14-10/h2-7H,1H3. The fourth-order valence-electron chi connectivity index (χ4n) is 1.25. The molecule has 4 heteroatoms. The molecule has 0 aliphatic heterocycles. The number of hydrogen-bond donors (Lipinski definition) is 0. The summed E-state index contributed by atoms with van der Waals surface area (Å²) in [5, 5.41) is 0.204. The maximum absolute atomic E-state index is 5.70. The van der Waals surface area contributed by atoms with Crippen molar-refractivity contribution in [3.05, 3.63) is 47.9 Å². The van der Waals surface area contributed by atoms with Crippen LogP contribution in [-0.4, -0.2) is 17.0 Å². The van der Waals surface area contributed by atoms with E-state index in [0.29, 0.717) is 0 Å². The summed E-state index contributed by atoms with van der Waals surface area (Å²) in [6, 6.07) is 11.6. The van der Waals surface area contributed by atoms with Gasteiger partial charge in [-0.3, -0.25) is 0 Å². The van der Waals surface area contributed by atoms with Gasteiger partial charge >= 0.3 is 0 Å². The Balaban J connectivity index is 2.32. The molecule has 0 spiro atoms. The van der Waals surface area contributed by atoms with Gasteiger partial charge in [0.1, 0.15) is 5.82 Å². The monoisotopic (exact) mass is 218 g/mol. The van der Waals surface area contributed by atoms with E-state index in [9.17, 15) is 0 Å². The van der Waals surface area contributed by atoms with Gasteiger partial charge in [-0.2, -0.15) is 0 Å². The predicted octanol–water partition coefficient (Wildman–Crippen LogP) is 2.70. The molecule has 1 aromatic carbocycles. The second-order valence-corrected chi connectivity index (χ2v) is 3.36. The zero-order chi connectivity index (χ0) is 10.7. The number of hydrogen-bond acceptors (Lipinski definition) is 3. The zero-order valence-corrected chi connectivity index (χ0v) is 8.94. The summed E-state index contributed by atoms with van der Waals surface area (Å²) in [7, 11) is 1.92. The third-order valence-corrected chi connectivity index (χ3v) is 2.21. The maximum Gasteiger partial charge on any atom is 0.224 e. The van der Waals surface area contributed by atoms with E-state index in [1.165, 1.54) is 0 Å². The third-order valence-electron chi connectivity index (χ3n) is 2.04. The first-order valence-corrected chi connectivity index (χ1v) is 4.84. The quantitative estimate of drug-likeness (QED) is 0.726. The molecule has 0 aliphatic rings. The molecule has 0 fully saturated rings. The summed E-state index contributed by atoms with van der Waals surface area (Å²) in [5.74, 6) is 0.723. The molecule has 0 aliphatic carbocycles. The molecule has 2 aromatic rings. The van der Waals surface area contributed by atoms with E-state index < -0.39 is 0 Å². The van der Waals surface area contributed by atoms with E-state index in [1.54, 1.807) is 6.07 Å². The Kier molecular flexibility index (Phi) is 2.83. The van der Waals surface area contributed by atoms with Crippen molar-refractivity contribution in [1.29, 1.82) is 0 Å². The summed E-state index contributed by atoms with van der Waals surface area (Å²) in [6.45, 7) is 0. The maximum atomic E-state index is 5.70. The van der Waals surface area contributed by atoms with Crippen LogP contribution in [0.3, 0.4) is 0 Å². The molecule has 2 rings (SSSR count). The number of anilines is 2. The molecule has 15 heavy (non-hydrogen) atoms. The van der Waals surface area contributed by atoms with Crippen molar-refractivity contribution in [1.82, 2.24) is 9.97 Å². The van der Waals surface area contributed by atoms with Crippen molar-refractivity contribution < 1.29 is 0 Å². The fourth-order valence-corrected chi connectivity index (χ4v) is 1.39. The zero-order valence-electron chi connectivity index (χ0n) is 8.18. The van der Waals surface area contributed by atoms with Crippen LogP contribution in [0.15, 0.2) is 36.4 Å². The van der Waals surface area contributed by atoms with Crippen LogP contribution in [0, 0.1) is 6.20 Å². The topological polar surface area (TPSA) is 29.0 Å². The third kappa shape index (κ3) is 2.25. The lowest BCUT2D eigenvalue weighted by atomic mass is 10.3. The van der Waals surface area contributed by atoms with Crippen LogP contribution < -0.4 is 4.90 Å². The summed E-state index contributed by atoms with van der Waals surface area (Å²) < 4.78 is 0. The molecular weight excluding hydrogens is 210 g/mol. The van der Waals surface area contributed by atoms with Gasteiger partial charge in [-0.25, -0.2) is 9.97 Å². The largest absolute Gasteiger partial charge is 0.329 e. The van der Waals surface area contributed by atoms with Crippen molar-refractivity contribution in [2.24, 2.45) is 0 Å². The normalized spacial score (nSPS) is 10.0. The average Bonchev–Trinajstić information content (AvgIpc) is 2.29. The van der Waals surface area contributed by atoms with Crippen LogP contribution in [0.25, 0.3) is 0 Å². The molecule has 0 bridgehead atoms. The molecule has 0 N–H and O–H groups in total. The van der Waals surface area contributed by atoms with E-state index >= 15 is 0 Å². The van der Waals surface area contributed by atoms with Gasteiger partial charge in [-0.15, -0.1) is 0 Å². The Morgan fingerprint density at radius 1 is 1.27 bits per heavy atom. The van der Waals surface area contributed by atoms with Crippen molar-refractivity contribution in [2.45, 2.75) is 0 Å². The summed E-state index contributed by atoms with van der Waals surface area (Å²) in [5.41, 5.74) is 1.04. The van der Waals surface area contributed by atoms with Gasteiger partial charge in [-0.05, 0) is 23.7 Å². The molecule has 0 saturated heterocycles. The van der Waals surface area contributed by atoms with Crippen LogP contribution in [0.4, 0.5) is 11.5 Å². The summed E-state index contributed by atoms with van der Waals surface area (Å²) in [6.07, 6.45) is 2.69. The Hall–Kier alpha value is -1.61. The van der Waals surface area contributed by atoms with Crippen molar-refractivity contribution in [3.63, 3.8) is 0 Å². The van der Waals surface area contributed by atoms with Crippen LogP contribution in [0.2, 0.25) is 5.28 Å². The average molecular weight is 219 g/mol. The lowest BCUT2D eigenvalue weighted by Gasteiger charge is -2.17. The molecule has 75 valence electrons. The predicted molar refractivity (Wildman–Crippen MR) is 60.4 cm³/mol. The van der Waals surface area contributed by atoms with Crippen molar-refractivity contribution >= 4 is 23.1 Å². The second-order valence-electron chi connectivity index (χ2n) is 3.02. The highest BCUT2D eigenvalue weighted by Crippen LogP contribution is 2.20. The lowest BCUT2D eigenvalue weighted by molar-refractivity contribution is 1.08. The molecule has 3 nitrogen and oxygen atoms in total. The van der Waals surface area contributed by atoms with Gasteiger partial charge in [0.25, 0.3) is 0 Å². The minimum atomic E-state index is 0.204. The number of halogens is 1. The number of benzene rings is 1. The summed E-state index contributed by atoms with van der Waals surface area (Å²) >= 11 is 5.70. The Bertz CT molecular complexity index is 445. The Labute approximate surface area is 93.4 Å². The van der Waals surface area contributed by atoms with Gasteiger partial charge in [0.2, 0.25) is 5.28 Å². The number of aromatic nitrogens is 2. The van der Waals surface area contributed by atoms with Gasteiger partial charge in [-0.1, -0.05) is 18.2 Å². The highest BCUT2D eigenvalue weighted by Gasteiger charge is 2.05. The van der Waals surface area contributed by atoms with Crippen LogP contribution in [0.5, 0.6) is 0 Å². The smallest absolute Gasteiger partial charge is 0.224 e. The molecular formula is C11H9ClN3. The highest BCUT2D eigenvalue weighted by atomic mass is 35.5. The first kappa shape index (κ1) is 9.93. The number of nitrogens with zero attached hydrogens (tertiary/aromatic N) is 3. The van der Waals surface area contributed by atoms with Gasteiger partial charge in [0, 0.05) is 18.8 Å². The summed E-state index contributed by atoms with van der Waals surface area (Å²) in [4.78, 5) is 9.74. The Morgan fingerprint density at radius 3 is 2.67 bits per heavy atom. The van der Waals surface area contributed by atoms with Crippen molar-refractivity contribution in [2.75, 3.05) is 11.9 Å². The molecule has 0 saturated carbocycles. The van der Waals surface area contributed by atoms with E-state index in [0.717, 1.165) is 11.5 Å². The van der Waals surface area contributed by atoms with Gasteiger partial charge < -0.3 is 4.90 Å². The molecule has 1 heterocycles. The molecule has 0 amide bonds. The number of rotatable bonds is 2. The number of para-hydroxylation sites is 1. The van der Waals surface area contributed by atoms with E-state index in [4.69, 9.17) is 11.6 Å². The van der Waals surface area contributed by atoms with E-state index in [1.807, 2.05) is 42.3 Å². The van der Waals surface area contributed by atoms with Crippen LogP contribution in [-0.2, 0) is 0 Å². The second kappa shape index (κ2) is 4.28. The fraction of sp³-hybridized carbons (Fsp3) is 0.0909. The van der Waals surface area contributed by atoms with Crippen LogP contribution in [0.1, 0.15) is 0 Å². The van der Waals surface area contributed by atoms with E-state index in [-0.39, 0.29) is 5.28 Å². The first-order chi connectivity index (χ1) is 7.27. The van der Waals surface area contributed by atoms with Gasteiger partial charge in [0.15, 0.2) is 0 Å². The minimum absolute atomic E-state index is 0.204. The lowest BCUT2D eigenvalue weighted by Crippen LogP contribution is -2.11. The van der Waals surface area contributed by atoms with E-state index in [2.05, 4.69) is 16.2 Å². The SMILES string of the molecule is CN(c1ccccc1)c1c[c]nc(Cl)n1. The van der Waals surface area contributed by atoms with Gasteiger partial charge in [0.05, 0.1) is 6.20 Å². The van der Waals surface area contributed by atoms with Crippen molar-refractivity contribution in [3.8, 4) is 0 Å². The first-order valence-electron chi connectivity index (χ1n) is 4.47. The Morgan fingerprint density at radius 2 is 2.00 bits per heavy atom.